The molecule has 2 heteroatoms. The molecule has 16 heavy (non-hydrogen) atoms. The van der Waals surface area contributed by atoms with Crippen LogP contribution >= 0.6 is 11.3 Å². The van der Waals surface area contributed by atoms with Crippen LogP contribution in [0.4, 0.5) is 0 Å². The topological polar surface area (TPSA) is 12.0 Å². The normalized spacial score (nSPS) is 26.8. The Morgan fingerprint density at radius 2 is 2.00 bits per heavy atom. The molecule has 1 aromatic rings. The highest BCUT2D eigenvalue weighted by Gasteiger charge is 2.40. The van der Waals surface area contributed by atoms with E-state index in [4.69, 9.17) is 0 Å². The fourth-order valence-electron chi connectivity index (χ4n) is 2.31. The van der Waals surface area contributed by atoms with E-state index in [2.05, 4.69) is 52.2 Å². The SMILES string of the molecule is CNC(c1ccc(C(C)(C)C)s1)C1CC1C. The van der Waals surface area contributed by atoms with Gasteiger partial charge in [-0.25, -0.2) is 0 Å². The Morgan fingerprint density at radius 1 is 1.38 bits per heavy atom. The lowest BCUT2D eigenvalue weighted by Crippen LogP contribution is -2.17. The second-order valence-electron chi connectivity index (χ2n) is 6.10. The third-order valence-electron chi connectivity index (χ3n) is 3.58. The molecule has 1 saturated carbocycles. The van der Waals surface area contributed by atoms with E-state index in [1.807, 2.05) is 11.3 Å². The van der Waals surface area contributed by atoms with Crippen molar-refractivity contribution in [1.82, 2.24) is 5.32 Å². The van der Waals surface area contributed by atoms with Gasteiger partial charge in [0.1, 0.15) is 0 Å². The lowest BCUT2D eigenvalue weighted by Gasteiger charge is -2.17. The maximum Gasteiger partial charge on any atom is 0.0443 e. The van der Waals surface area contributed by atoms with Crippen LogP contribution in [0.25, 0.3) is 0 Å². The molecular weight excluding hydrogens is 214 g/mol. The van der Waals surface area contributed by atoms with Crippen molar-refractivity contribution in [2.24, 2.45) is 11.8 Å². The maximum absolute atomic E-state index is 3.49. The zero-order valence-corrected chi connectivity index (χ0v) is 11.8. The zero-order chi connectivity index (χ0) is 11.9. The van der Waals surface area contributed by atoms with Crippen molar-refractivity contribution in [3.63, 3.8) is 0 Å². The highest BCUT2D eigenvalue weighted by molar-refractivity contribution is 7.12. The lowest BCUT2D eigenvalue weighted by molar-refractivity contribution is 0.512. The van der Waals surface area contributed by atoms with E-state index in [-0.39, 0.29) is 5.41 Å². The first kappa shape index (κ1) is 12.1. The van der Waals surface area contributed by atoms with E-state index in [0.717, 1.165) is 11.8 Å². The first-order valence-corrected chi connectivity index (χ1v) is 7.02. The highest BCUT2D eigenvalue weighted by Crippen LogP contribution is 2.48. The average Bonchev–Trinajstić information content (AvgIpc) is 2.71. The van der Waals surface area contributed by atoms with Gasteiger partial charge in [-0.15, -0.1) is 11.3 Å². The Labute approximate surface area is 103 Å². The lowest BCUT2D eigenvalue weighted by atomic mass is 9.95. The van der Waals surface area contributed by atoms with Gasteiger partial charge in [-0.3, -0.25) is 0 Å². The summed E-state index contributed by atoms with van der Waals surface area (Å²) in [6.45, 7) is 9.22. The van der Waals surface area contributed by atoms with Crippen LogP contribution in [-0.2, 0) is 5.41 Å². The molecule has 0 spiro atoms. The molecule has 0 radical (unpaired) electrons. The number of thiophene rings is 1. The summed E-state index contributed by atoms with van der Waals surface area (Å²) >= 11 is 1.98. The van der Waals surface area contributed by atoms with Crippen molar-refractivity contribution in [1.29, 1.82) is 0 Å². The predicted octanol–water partition coefficient (Wildman–Crippen LogP) is 3.96. The van der Waals surface area contributed by atoms with Crippen LogP contribution < -0.4 is 5.32 Å². The summed E-state index contributed by atoms with van der Waals surface area (Å²) in [6, 6.07) is 5.20. The smallest absolute Gasteiger partial charge is 0.0443 e. The summed E-state index contributed by atoms with van der Waals surface area (Å²) in [5.74, 6) is 1.76. The Bertz CT molecular complexity index is 361. The molecular formula is C14H23NS. The summed E-state index contributed by atoms with van der Waals surface area (Å²) in [6.07, 6.45) is 1.38. The molecule has 1 aliphatic carbocycles. The standard InChI is InChI=1S/C14H23NS/c1-9-8-10(9)13(15-5)11-6-7-12(16-11)14(2,3)4/h6-7,9-10,13,15H,8H2,1-5H3. The van der Waals surface area contributed by atoms with E-state index in [1.54, 1.807) is 0 Å². The zero-order valence-electron chi connectivity index (χ0n) is 11.0. The van der Waals surface area contributed by atoms with Gasteiger partial charge in [-0.1, -0.05) is 27.7 Å². The fourth-order valence-corrected chi connectivity index (χ4v) is 3.56. The van der Waals surface area contributed by atoms with Crippen molar-refractivity contribution >= 4 is 11.3 Å². The molecule has 1 nitrogen and oxygen atoms in total. The highest BCUT2D eigenvalue weighted by atomic mass is 32.1. The van der Waals surface area contributed by atoms with Crippen LogP contribution in [0.15, 0.2) is 12.1 Å². The van der Waals surface area contributed by atoms with Gasteiger partial charge < -0.3 is 5.32 Å². The molecule has 1 heterocycles. The van der Waals surface area contributed by atoms with Gasteiger partial charge in [0.2, 0.25) is 0 Å². The summed E-state index contributed by atoms with van der Waals surface area (Å²) < 4.78 is 0. The van der Waals surface area contributed by atoms with E-state index < -0.39 is 0 Å². The van der Waals surface area contributed by atoms with Crippen molar-refractivity contribution in [2.75, 3.05) is 7.05 Å². The Balaban J connectivity index is 2.17. The van der Waals surface area contributed by atoms with Crippen LogP contribution in [0.1, 0.15) is 49.9 Å². The first-order valence-electron chi connectivity index (χ1n) is 6.21. The third-order valence-corrected chi connectivity index (χ3v) is 5.18. The number of hydrogen-bond acceptors (Lipinski definition) is 2. The minimum Gasteiger partial charge on any atom is -0.312 e. The number of rotatable bonds is 3. The van der Waals surface area contributed by atoms with Gasteiger partial charge in [0.15, 0.2) is 0 Å². The van der Waals surface area contributed by atoms with Crippen molar-refractivity contribution in [3.8, 4) is 0 Å². The number of hydrogen-bond donors (Lipinski definition) is 1. The molecule has 0 aliphatic heterocycles. The minimum absolute atomic E-state index is 0.288. The molecule has 2 rings (SSSR count). The molecule has 1 aromatic heterocycles. The second-order valence-corrected chi connectivity index (χ2v) is 7.21. The van der Waals surface area contributed by atoms with Gasteiger partial charge >= 0.3 is 0 Å². The average molecular weight is 237 g/mol. The molecule has 0 amide bonds. The minimum atomic E-state index is 0.288. The summed E-state index contributed by atoms with van der Waals surface area (Å²) in [5.41, 5.74) is 0.288. The maximum atomic E-state index is 3.49. The van der Waals surface area contributed by atoms with Gasteiger partial charge in [-0.05, 0) is 42.9 Å². The summed E-state index contributed by atoms with van der Waals surface area (Å²) in [4.78, 5) is 3.01. The van der Waals surface area contributed by atoms with E-state index >= 15 is 0 Å². The van der Waals surface area contributed by atoms with Gasteiger partial charge in [-0.2, -0.15) is 0 Å². The molecule has 3 unspecified atom stereocenters. The third kappa shape index (κ3) is 2.33. The monoisotopic (exact) mass is 237 g/mol. The van der Waals surface area contributed by atoms with Crippen LogP contribution in [0.3, 0.4) is 0 Å². The van der Waals surface area contributed by atoms with Crippen LogP contribution in [0.5, 0.6) is 0 Å². The molecule has 1 N–H and O–H groups in total. The molecule has 0 aromatic carbocycles. The molecule has 1 fully saturated rings. The molecule has 1 aliphatic rings. The predicted molar refractivity (Wildman–Crippen MR) is 72.1 cm³/mol. The summed E-state index contributed by atoms with van der Waals surface area (Å²) in [7, 11) is 2.09. The Kier molecular flexibility index (Phi) is 3.15. The summed E-state index contributed by atoms with van der Waals surface area (Å²) in [5, 5.41) is 3.49. The molecule has 0 saturated heterocycles. The second kappa shape index (κ2) is 4.15. The molecule has 3 atom stereocenters. The Hall–Kier alpha value is -0.340. The van der Waals surface area contributed by atoms with E-state index in [0.29, 0.717) is 6.04 Å². The van der Waals surface area contributed by atoms with Crippen LogP contribution in [-0.4, -0.2) is 7.05 Å². The van der Waals surface area contributed by atoms with Gasteiger partial charge in [0.25, 0.3) is 0 Å². The number of nitrogens with one attached hydrogen (secondary N) is 1. The van der Waals surface area contributed by atoms with E-state index in [9.17, 15) is 0 Å². The van der Waals surface area contributed by atoms with Crippen LogP contribution in [0.2, 0.25) is 0 Å². The van der Waals surface area contributed by atoms with Crippen molar-refractivity contribution in [2.45, 2.75) is 45.6 Å². The fraction of sp³-hybridized carbons (Fsp3) is 0.714. The quantitative estimate of drug-likeness (QED) is 0.839. The van der Waals surface area contributed by atoms with Crippen molar-refractivity contribution in [3.05, 3.63) is 21.9 Å². The Morgan fingerprint density at radius 3 is 2.38 bits per heavy atom. The van der Waals surface area contributed by atoms with Crippen molar-refractivity contribution < 1.29 is 0 Å². The molecule has 0 bridgehead atoms. The first-order chi connectivity index (χ1) is 7.43. The van der Waals surface area contributed by atoms with E-state index in [1.165, 1.54) is 16.2 Å². The largest absolute Gasteiger partial charge is 0.312 e. The molecule has 90 valence electrons. The van der Waals surface area contributed by atoms with Crippen LogP contribution in [0, 0.1) is 11.8 Å². The van der Waals surface area contributed by atoms with Gasteiger partial charge in [0.05, 0.1) is 0 Å². The van der Waals surface area contributed by atoms with Gasteiger partial charge in [0, 0.05) is 15.8 Å².